The lowest BCUT2D eigenvalue weighted by Crippen LogP contribution is -2.24. The molecule has 5 nitrogen and oxygen atoms in total. The lowest BCUT2D eigenvalue weighted by atomic mass is 10.1. The van der Waals surface area contributed by atoms with Crippen LogP contribution in [0.5, 0.6) is 5.75 Å². The minimum atomic E-state index is -0.647. The van der Waals surface area contributed by atoms with Crippen LogP contribution < -0.4 is 4.74 Å². The Morgan fingerprint density at radius 1 is 1.04 bits per heavy atom. The number of aliphatic hydroxyl groups is 1. The summed E-state index contributed by atoms with van der Waals surface area (Å²) in [6, 6.07) is 11.8. The van der Waals surface area contributed by atoms with Gasteiger partial charge in [0.2, 0.25) is 0 Å². The number of aliphatic hydroxyl groups excluding tert-OH is 1. The number of aryl methyl sites for hydroxylation is 2. The van der Waals surface area contributed by atoms with E-state index < -0.39 is 6.10 Å². The highest BCUT2D eigenvalue weighted by atomic mass is 16.5. The fourth-order valence-corrected chi connectivity index (χ4v) is 2.71. The van der Waals surface area contributed by atoms with Gasteiger partial charge in [-0.2, -0.15) is 5.10 Å². The number of rotatable bonds is 6. The third-order valence-electron chi connectivity index (χ3n) is 3.71. The van der Waals surface area contributed by atoms with Crippen LogP contribution in [0.2, 0.25) is 0 Å². The van der Waals surface area contributed by atoms with E-state index in [4.69, 9.17) is 4.74 Å². The molecule has 0 radical (unpaired) electrons. The van der Waals surface area contributed by atoms with Crippen molar-refractivity contribution in [2.45, 2.75) is 26.5 Å². The second-order valence-corrected chi connectivity index (χ2v) is 5.92. The van der Waals surface area contributed by atoms with Crippen LogP contribution >= 0.6 is 0 Å². The van der Waals surface area contributed by atoms with Gasteiger partial charge < -0.3 is 9.84 Å². The van der Waals surface area contributed by atoms with Crippen LogP contribution in [0.25, 0.3) is 11.3 Å². The fourth-order valence-electron chi connectivity index (χ4n) is 2.71. The van der Waals surface area contributed by atoms with Crippen molar-refractivity contribution < 1.29 is 9.84 Å². The number of hydrogen-bond acceptors (Lipinski definition) is 4. The Kier molecular flexibility index (Phi) is 4.91. The van der Waals surface area contributed by atoms with Gasteiger partial charge in [-0.3, -0.25) is 9.67 Å². The summed E-state index contributed by atoms with van der Waals surface area (Å²) in [4.78, 5) is 4.02. The van der Waals surface area contributed by atoms with Crippen molar-refractivity contribution in [3.8, 4) is 17.0 Å². The zero-order valence-electron chi connectivity index (χ0n) is 13.9. The molecule has 0 spiro atoms. The third kappa shape index (κ3) is 4.00. The zero-order chi connectivity index (χ0) is 16.9. The summed E-state index contributed by atoms with van der Waals surface area (Å²) in [5, 5.41) is 14.6. The molecule has 0 aliphatic rings. The van der Waals surface area contributed by atoms with Crippen molar-refractivity contribution >= 4 is 0 Å². The highest BCUT2D eigenvalue weighted by molar-refractivity contribution is 5.58. The van der Waals surface area contributed by atoms with E-state index in [9.17, 15) is 5.11 Å². The summed E-state index contributed by atoms with van der Waals surface area (Å²) in [5.41, 5.74) is 4.26. The van der Waals surface area contributed by atoms with Crippen LogP contribution in [0.4, 0.5) is 0 Å². The van der Waals surface area contributed by atoms with E-state index in [1.807, 2.05) is 44.2 Å². The smallest absolute Gasteiger partial charge is 0.119 e. The van der Waals surface area contributed by atoms with Crippen molar-refractivity contribution in [1.82, 2.24) is 14.8 Å². The average molecular weight is 323 g/mol. The summed E-state index contributed by atoms with van der Waals surface area (Å²) in [7, 11) is 0. The minimum Gasteiger partial charge on any atom is -0.491 e. The van der Waals surface area contributed by atoms with Crippen molar-refractivity contribution in [3.05, 3.63) is 66.1 Å². The van der Waals surface area contributed by atoms with E-state index in [1.54, 1.807) is 23.3 Å². The molecule has 2 aromatic heterocycles. The molecular formula is C19H21N3O2. The van der Waals surface area contributed by atoms with E-state index >= 15 is 0 Å². The van der Waals surface area contributed by atoms with Crippen LogP contribution in [0, 0.1) is 13.8 Å². The molecule has 3 aromatic rings. The topological polar surface area (TPSA) is 60.2 Å². The highest BCUT2D eigenvalue weighted by Crippen LogP contribution is 2.19. The standard InChI is InChI=1S/C19H21N3O2/c1-14-9-15(2)11-18(10-14)24-13-17(23)12-22-19(5-8-21-22)16-3-6-20-7-4-16/h3-11,17,23H,12-13H2,1-2H3/t17-/m0/s1. The monoisotopic (exact) mass is 323 g/mol. The van der Waals surface area contributed by atoms with Crippen molar-refractivity contribution in [3.63, 3.8) is 0 Å². The summed E-state index contributed by atoms with van der Waals surface area (Å²) >= 11 is 0. The molecule has 1 atom stereocenters. The molecule has 0 bridgehead atoms. The van der Waals surface area contributed by atoms with Crippen molar-refractivity contribution in [2.24, 2.45) is 0 Å². The van der Waals surface area contributed by atoms with Gasteiger partial charge in [-0.1, -0.05) is 6.07 Å². The summed E-state index contributed by atoms with van der Waals surface area (Å²) in [5.74, 6) is 0.779. The van der Waals surface area contributed by atoms with Gasteiger partial charge in [0.1, 0.15) is 18.5 Å². The fraction of sp³-hybridized carbons (Fsp3) is 0.263. The van der Waals surface area contributed by atoms with Gasteiger partial charge in [0.15, 0.2) is 0 Å². The van der Waals surface area contributed by atoms with E-state index in [0.29, 0.717) is 6.54 Å². The van der Waals surface area contributed by atoms with Gasteiger partial charge in [-0.15, -0.1) is 0 Å². The van der Waals surface area contributed by atoms with Gasteiger partial charge in [-0.25, -0.2) is 0 Å². The van der Waals surface area contributed by atoms with E-state index in [-0.39, 0.29) is 6.61 Å². The molecule has 0 unspecified atom stereocenters. The second kappa shape index (κ2) is 7.27. The Labute approximate surface area is 141 Å². The molecule has 5 heteroatoms. The molecule has 0 saturated carbocycles. The largest absolute Gasteiger partial charge is 0.491 e. The molecule has 3 rings (SSSR count). The normalized spacial score (nSPS) is 12.1. The van der Waals surface area contributed by atoms with Crippen LogP contribution in [-0.4, -0.2) is 32.6 Å². The number of benzene rings is 1. The average Bonchev–Trinajstić information content (AvgIpc) is 3.01. The molecule has 0 aliphatic carbocycles. The lowest BCUT2D eigenvalue weighted by Gasteiger charge is -2.15. The molecule has 2 heterocycles. The second-order valence-electron chi connectivity index (χ2n) is 5.92. The van der Waals surface area contributed by atoms with E-state index in [0.717, 1.165) is 28.1 Å². The number of aromatic nitrogens is 3. The summed E-state index contributed by atoms with van der Waals surface area (Å²) in [6.07, 6.45) is 4.57. The maximum atomic E-state index is 10.3. The minimum absolute atomic E-state index is 0.221. The Bertz CT molecular complexity index is 779. The van der Waals surface area contributed by atoms with Crippen LogP contribution in [0.1, 0.15) is 11.1 Å². The van der Waals surface area contributed by atoms with Gasteiger partial charge in [0.25, 0.3) is 0 Å². The molecule has 0 saturated heterocycles. The molecular weight excluding hydrogens is 302 g/mol. The Morgan fingerprint density at radius 3 is 2.46 bits per heavy atom. The van der Waals surface area contributed by atoms with Crippen LogP contribution in [-0.2, 0) is 6.54 Å². The van der Waals surface area contributed by atoms with Crippen LogP contribution in [0.3, 0.4) is 0 Å². The van der Waals surface area contributed by atoms with E-state index in [2.05, 4.69) is 16.1 Å². The maximum absolute atomic E-state index is 10.3. The SMILES string of the molecule is Cc1cc(C)cc(OC[C@@H](O)Cn2nccc2-c2ccncc2)c1. The lowest BCUT2D eigenvalue weighted by molar-refractivity contribution is 0.0897. The number of ether oxygens (including phenoxy) is 1. The van der Waals surface area contributed by atoms with Crippen molar-refractivity contribution in [1.29, 1.82) is 0 Å². The first-order valence-electron chi connectivity index (χ1n) is 7.93. The maximum Gasteiger partial charge on any atom is 0.119 e. The molecule has 1 aromatic carbocycles. The predicted octanol–water partition coefficient (Wildman–Crippen LogP) is 3.00. The molecule has 0 aliphatic heterocycles. The molecule has 124 valence electrons. The Morgan fingerprint density at radius 2 is 1.75 bits per heavy atom. The van der Waals surface area contributed by atoms with Gasteiger partial charge >= 0.3 is 0 Å². The van der Waals surface area contributed by atoms with Gasteiger partial charge in [-0.05, 0) is 55.3 Å². The molecule has 0 fully saturated rings. The molecule has 24 heavy (non-hydrogen) atoms. The molecule has 1 N–H and O–H groups in total. The first-order valence-corrected chi connectivity index (χ1v) is 7.93. The van der Waals surface area contributed by atoms with E-state index in [1.165, 1.54) is 0 Å². The summed E-state index contributed by atoms with van der Waals surface area (Å²) in [6.45, 7) is 4.65. The highest BCUT2D eigenvalue weighted by Gasteiger charge is 2.11. The van der Waals surface area contributed by atoms with Crippen molar-refractivity contribution in [2.75, 3.05) is 6.61 Å². The van der Waals surface area contributed by atoms with Crippen LogP contribution in [0.15, 0.2) is 55.0 Å². The Balaban J connectivity index is 1.63. The summed E-state index contributed by atoms with van der Waals surface area (Å²) < 4.78 is 7.51. The van der Waals surface area contributed by atoms with Gasteiger partial charge in [0, 0.05) is 24.2 Å². The third-order valence-corrected chi connectivity index (χ3v) is 3.71. The Hall–Kier alpha value is -2.66. The predicted molar refractivity (Wildman–Crippen MR) is 92.9 cm³/mol. The quantitative estimate of drug-likeness (QED) is 0.757. The van der Waals surface area contributed by atoms with Gasteiger partial charge in [0.05, 0.1) is 12.2 Å². The number of pyridine rings is 1. The number of hydrogen-bond donors (Lipinski definition) is 1. The first kappa shape index (κ1) is 16.2. The molecule has 0 amide bonds. The number of nitrogens with zero attached hydrogens (tertiary/aromatic N) is 3. The first-order chi connectivity index (χ1) is 11.6. The zero-order valence-corrected chi connectivity index (χ0v) is 13.9.